The van der Waals surface area contributed by atoms with Crippen LogP contribution >= 0.6 is 0 Å². The van der Waals surface area contributed by atoms with E-state index < -0.39 is 0 Å². The quantitative estimate of drug-likeness (QED) is 0.889. The Morgan fingerprint density at radius 3 is 2.55 bits per heavy atom. The molecule has 2 fully saturated rings. The Balaban J connectivity index is 1.72. The van der Waals surface area contributed by atoms with E-state index in [4.69, 9.17) is 0 Å². The largest absolute Gasteiger partial charge is 0.346 e. The van der Waals surface area contributed by atoms with Crippen LogP contribution in [0.5, 0.6) is 0 Å². The van der Waals surface area contributed by atoms with Gasteiger partial charge in [0.25, 0.3) is 0 Å². The molecular formula is C16H21FN2O. The van der Waals surface area contributed by atoms with E-state index in [1.165, 1.54) is 12.1 Å². The van der Waals surface area contributed by atoms with E-state index in [-0.39, 0.29) is 23.2 Å². The van der Waals surface area contributed by atoms with Crippen LogP contribution in [0.3, 0.4) is 0 Å². The molecule has 1 amide bonds. The fourth-order valence-corrected chi connectivity index (χ4v) is 3.20. The first-order valence-electron chi connectivity index (χ1n) is 7.48. The number of hydrogen-bond donors (Lipinski definition) is 2. The van der Waals surface area contributed by atoms with E-state index in [1.54, 1.807) is 12.1 Å². The zero-order chi connectivity index (χ0) is 14.0. The van der Waals surface area contributed by atoms with E-state index in [2.05, 4.69) is 10.6 Å². The van der Waals surface area contributed by atoms with Crippen molar-refractivity contribution >= 4 is 5.91 Å². The molecule has 1 saturated carbocycles. The zero-order valence-corrected chi connectivity index (χ0v) is 11.6. The highest BCUT2D eigenvalue weighted by atomic mass is 19.1. The van der Waals surface area contributed by atoms with Gasteiger partial charge in [-0.3, -0.25) is 4.79 Å². The lowest BCUT2D eigenvalue weighted by Crippen LogP contribution is -2.54. The predicted molar refractivity (Wildman–Crippen MR) is 75.7 cm³/mol. The zero-order valence-electron chi connectivity index (χ0n) is 11.6. The lowest BCUT2D eigenvalue weighted by atomic mass is 9.71. The molecule has 0 bridgehead atoms. The van der Waals surface area contributed by atoms with Gasteiger partial charge in [-0.25, -0.2) is 4.39 Å². The standard InChI is InChI=1S/C16H21FN2O/c17-14-6-4-13(5-7-14)16(8-2-9-16)19-15(20)12-3-1-10-18-11-12/h4-7,12,18H,1-3,8-11H2,(H,19,20). The summed E-state index contributed by atoms with van der Waals surface area (Å²) < 4.78 is 13.1. The van der Waals surface area contributed by atoms with Crippen LogP contribution in [-0.4, -0.2) is 19.0 Å². The molecule has 2 aliphatic rings. The molecule has 3 nitrogen and oxygen atoms in total. The number of rotatable bonds is 3. The van der Waals surface area contributed by atoms with Gasteiger partial charge >= 0.3 is 0 Å². The van der Waals surface area contributed by atoms with E-state index >= 15 is 0 Å². The van der Waals surface area contributed by atoms with Crippen LogP contribution in [0.1, 0.15) is 37.7 Å². The molecular weight excluding hydrogens is 255 g/mol. The minimum absolute atomic E-state index is 0.0710. The van der Waals surface area contributed by atoms with Crippen molar-refractivity contribution in [3.05, 3.63) is 35.6 Å². The van der Waals surface area contributed by atoms with Crippen molar-refractivity contribution in [2.75, 3.05) is 13.1 Å². The summed E-state index contributed by atoms with van der Waals surface area (Å²) in [6.45, 7) is 1.78. The molecule has 0 aromatic heterocycles. The van der Waals surface area contributed by atoms with Crippen LogP contribution in [0, 0.1) is 11.7 Å². The highest BCUT2D eigenvalue weighted by Crippen LogP contribution is 2.41. The van der Waals surface area contributed by atoms with Gasteiger partial charge < -0.3 is 10.6 Å². The number of hydrogen-bond acceptors (Lipinski definition) is 2. The summed E-state index contributed by atoms with van der Waals surface area (Å²) in [7, 11) is 0. The Hall–Kier alpha value is -1.42. The molecule has 1 atom stereocenters. The normalized spacial score (nSPS) is 24.8. The molecule has 0 spiro atoms. The van der Waals surface area contributed by atoms with Crippen molar-refractivity contribution in [3.8, 4) is 0 Å². The van der Waals surface area contributed by atoms with Crippen LogP contribution in [0.15, 0.2) is 24.3 Å². The van der Waals surface area contributed by atoms with Gasteiger partial charge in [0.15, 0.2) is 0 Å². The molecule has 1 aliphatic carbocycles. The van der Waals surface area contributed by atoms with Gasteiger partial charge in [0.1, 0.15) is 5.82 Å². The van der Waals surface area contributed by atoms with E-state index in [0.717, 1.165) is 50.8 Å². The number of carbonyl (C=O) groups is 1. The topological polar surface area (TPSA) is 41.1 Å². The molecule has 1 aromatic carbocycles. The molecule has 20 heavy (non-hydrogen) atoms. The number of amides is 1. The van der Waals surface area contributed by atoms with Gasteiger partial charge in [-0.1, -0.05) is 12.1 Å². The van der Waals surface area contributed by atoms with Gasteiger partial charge in [0.05, 0.1) is 11.5 Å². The van der Waals surface area contributed by atoms with Crippen LogP contribution in [0.2, 0.25) is 0 Å². The fourth-order valence-electron chi connectivity index (χ4n) is 3.20. The fraction of sp³-hybridized carbons (Fsp3) is 0.562. The second-order valence-electron chi connectivity index (χ2n) is 5.98. The summed E-state index contributed by atoms with van der Waals surface area (Å²) in [6.07, 6.45) is 5.02. The average Bonchev–Trinajstić information content (AvgIpc) is 2.45. The van der Waals surface area contributed by atoms with Crippen LogP contribution in [0.25, 0.3) is 0 Å². The summed E-state index contributed by atoms with van der Waals surface area (Å²) in [5.41, 5.74) is 0.768. The molecule has 1 aliphatic heterocycles. The molecule has 1 unspecified atom stereocenters. The molecule has 2 N–H and O–H groups in total. The van der Waals surface area contributed by atoms with Crippen molar-refractivity contribution in [1.29, 1.82) is 0 Å². The predicted octanol–water partition coefficient (Wildman–Crippen LogP) is 2.32. The molecule has 1 saturated heterocycles. The monoisotopic (exact) mass is 276 g/mol. The van der Waals surface area contributed by atoms with E-state index in [9.17, 15) is 9.18 Å². The minimum Gasteiger partial charge on any atom is -0.346 e. The second kappa shape index (κ2) is 5.52. The summed E-state index contributed by atoms with van der Waals surface area (Å²) in [6, 6.07) is 6.55. The average molecular weight is 276 g/mol. The van der Waals surface area contributed by atoms with Crippen LogP contribution in [0.4, 0.5) is 4.39 Å². The molecule has 1 aromatic rings. The number of benzene rings is 1. The van der Waals surface area contributed by atoms with E-state index in [0.29, 0.717) is 0 Å². The Labute approximate surface area is 118 Å². The summed E-state index contributed by atoms with van der Waals surface area (Å²) in [5.74, 6) is -0.0195. The summed E-state index contributed by atoms with van der Waals surface area (Å²) >= 11 is 0. The Morgan fingerprint density at radius 2 is 2.00 bits per heavy atom. The Morgan fingerprint density at radius 1 is 1.25 bits per heavy atom. The van der Waals surface area contributed by atoms with Crippen LogP contribution < -0.4 is 10.6 Å². The number of carbonyl (C=O) groups excluding carboxylic acids is 1. The highest BCUT2D eigenvalue weighted by Gasteiger charge is 2.41. The van der Waals surface area contributed by atoms with Gasteiger partial charge in [0.2, 0.25) is 5.91 Å². The number of piperidine rings is 1. The number of nitrogens with one attached hydrogen (secondary N) is 2. The molecule has 3 rings (SSSR count). The third kappa shape index (κ3) is 2.57. The van der Waals surface area contributed by atoms with Crippen LogP contribution in [-0.2, 0) is 10.3 Å². The number of halogens is 1. The first kappa shape index (κ1) is 13.6. The highest BCUT2D eigenvalue weighted by molar-refractivity contribution is 5.80. The maximum absolute atomic E-state index is 13.1. The summed E-state index contributed by atoms with van der Waals surface area (Å²) in [4.78, 5) is 12.4. The first-order valence-corrected chi connectivity index (χ1v) is 7.48. The maximum atomic E-state index is 13.1. The van der Waals surface area contributed by atoms with Gasteiger partial charge in [-0.05, 0) is 56.3 Å². The lowest BCUT2D eigenvalue weighted by Gasteiger charge is -2.44. The first-order chi connectivity index (χ1) is 9.70. The molecule has 0 radical (unpaired) electrons. The van der Waals surface area contributed by atoms with E-state index in [1.807, 2.05) is 0 Å². The van der Waals surface area contributed by atoms with Crippen molar-refractivity contribution in [1.82, 2.24) is 10.6 Å². The lowest BCUT2D eigenvalue weighted by molar-refractivity contribution is -0.128. The second-order valence-corrected chi connectivity index (χ2v) is 5.98. The molecule has 108 valence electrons. The van der Waals surface area contributed by atoms with Crippen molar-refractivity contribution in [2.24, 2.45) is 5.92 Å². The van der Waals surface area contributed by atoms with Crippen molar-refractivity contribution in [2.45, 2.75) is 37.6 Å². The Kier molecular flexibility index (Phi) is 3.74. The molecule has 4 heteroatoms. The van der Waals surface area contributed by atoms with Gasteiger partial charge in [-0.15, -0.1) is 0 Å². The van der Waals surface area contributed by atoms with Gasteiger partial charge in [-0.2, -0.15) is 0 Å². The van der Waals surface area contributed by atoms with Gasteiger partial charge in [0, 0.05) is 6.54 Å². The molecule has 1 heterocycles. The smallest absolute Gasteiger partial charge is 0.225 e. The minimum atomic E-state index is -0.262. The third-order valence-corrected chi connectivity index (χ3v) is 4.63. The third-order valence-electron chi connectivity index (χ3n) is 4.63. The van der Waals surface area contributed by atoms with Crippen molar-refractivity contribution in [3.63, 3.8) is 0 Å². The van der Waals surface area contributed by atoms with Crippen molar-refractivity contribution < 1.29 is 9.18 Å². The Bertz CT molecular complexity index is 476. The maximum Gasteiger partial charge on any atom is 0.225 e. The SMILES string of the molecule is O=C(NC1(c2ccc(F)cc2)CCC1)C1CCCNC1. The summed E-state index contributed by atoms with van der Waals surface area (Å²) in [5, 5.41) is 6.51.